The lowest BCUT2D eigenvalue weighted by molar-refractivity contribution is 0.250. The highest BCUT2D eigenvalue weighted by Crippen LogP contribution is 2.21. The van der Waals surface area contributed by atoms with Gasteiger partial charge in [-0.3, -0.25) is 4.90 Å². The standard InChI is InChI=1S/C19H18N4/c20-13-16-4-3-5-17(12-16)15-22-8-10-23(11-9-22)19-7-2-1-6-18(19)14-21/h1-7,12H,8-11,15H2. The van der Waals surface area contributed by atoms with Gasteiger partial charge in [-0.1, -0.05) is 24.3 Å². The Hall–Kier alpha value is -2.82. The van der Waals surface area contributed by atoms with E-state index in [0.29, 0.717) is 5.56 Å². The van der Waals surface area contributed by atoms with Crippen LogP contribution in [0.5, 0.6) is 0 Å². The molecule has 114 valence electrons. The summed E-state index contributed by atoms with van der Waals surface area (Å²) in [6.45, 7) is 4.60. The fraction of sp³-hybridized carbons (Fsp3) is 0.263. The van der Waals surface area contributed by atoms with E-state index in [-0.39, 0.29) is 0 Å². The van der Waals surface area contributed by atoms with Gasteiger partial charge in [0.05, 0.1) is 22.9 Å². The predicted octanol–water partition coefficient (Wildman–Crippen LogP) is 2.75. The number of hydrogen-bond donors (Lipinski definition) is 0. The van der Waals surface area contributed by atoms with Crippen molar-refractivity contribution in [3.05, 3.63) is 65.2 Å². The highest BCUT2D eigenvalue weighted by atomic mass is 15.3. The highest BCUT2D eigenvalue weighted by molar-refractivity contribution is 5.59. The zero-order chi connectivity index (χ0) is 16.1. The van der Waals surface area contributed by atoms with Gasteiger partial charge in [0.2, 0.25) is 0 Å². The van der Waals surface area contributed by atoms with Crippen molar-refractivity contribution in [2.45, 2.75) is 6.54 Å². The maximum Gasteiger partial charge on any atom is 0.101 e. The summed E-state index contributed by atoms with van der Waals surface area (Å²) in [5.74, 6) is 0. The number of benzene rings is 2. The molecule has 0 radical (unpaired) electrons. The smallest absolute Gasteiger partial charge is 0.101 e. The Labute approximate surface area is 136 Å². The van der Waals surface area contributed by atoms with E-state index in [1.54, 1.807) is 0 Å². The molecular weight excluding hydrogens is 284 g/mol. The summed E-state index contributed by atoms with van der Waals surface area (Å²) >= 11 is 0. The first-order valence-electron chi connectivity index (χ1n) is 7.75. The second-order valence-corrected chi connectivity index (χ2v) is 5.70. The maximum absolute atomic E-state index is 9.23. The number of nitrogens with zero attached hydrogens (tertiary/aromatic N) is 4. The van der Waals surface area contributed by atoms with E-state index < -0.39 is 0 Å². The van der Waals surface area contributed by atoms with E-state index in [1.165, 1.54) is 5.56 Å². The quantitative estimate of drug-likeness (QED) is 0.875. The zero-order valence-electron chi connectivity index (χ0n) is 12.9. The van der Waals surface area contributed by atoms with E-state index in [4.69, 9.17) is 5.26 Å². The number of piperazine rings is 1. The Morgan fingerprint density at radius 3 is 2.39 bits per heavy atom. The molecule has 0 amide bonds. The normalized spacial score (nSPS) is 15.0. The molecule has 23 heavy (non-hydrogen) atoms. The summed E-state index contributed by atoms with van der Waals surface area (Å²) in [7, 11) is 0. The van der Waals surface area contributed by atoms with Crippen LogP contribution in [0.15, 0.2) is 48.5 Å². The van der Waals surface area contributed by atoms with Gasteiger partial charge < -0.3 is 4.90 Å². The SMILES string of the molecule is N#Cc1cccc(CN2CCN(c3ccccc3C#N)CC2)c1. The molecule has 0 unspecified atom stereocenters. The van der Waals surface area contributed by atoms with Crippen molar-refractivity contribution in [2.24, 2.45) is 0 Å². The molecule has 0 saturated carbocycles. The van der Waals surface area contributed by atoms with Gasteiger partial charge in [-0.15, -0.1) is 0 Å². The van der Waals surface area contributed by atoms with E-state index in [1.807, 2.05) is 42.5 Å². The fourth-order valence-electron chi connectivity index (χ4n) is 2.99. The molecule has 1 aliphatic heterocycles. The van der Waals surface area contributed by atoms with E-state index in [9.17, 15) is 5.26 Å². The lowest BCUT2D eigenvalue weighted by Crippen LogP contribution is -2.46. The molecule has 4 nitrogen and oxygen atoms in total. The van der Waals surface area contributed by atoms with Gasteiger partial charge >= 0.3 is 0 Å². The number of rotatable bonds is 3. The third-order valence-electron chi connectivity index (χ3n) is 4.20. The summed E-state index contributed by atoms with van der Waals surface area (Å²) in [6.07, 6.45) is 0. The van der Waals surface area contributed by atoms with Crippen molar-refractivity contribution in [3.63, 3.8) is 0 Å². The second-order valence-electron chi connectivity index (χ2n) is 5.70. The molecule has 0 aliphatic carbocycles. The van der Waals surface area contributed by atoms with Crippen LogP contribution in [0, 0.1) is 22.7 Å². The van der Waals surface area contributed by atoms with Crippen LogP contribution in [-0.4, -0.2) is 31.1 Å². The van der Waals surface area contributed by atoms with E-state index >= 15 is 0 Å². The third kappa shape index (κ3) is 3.51. The Bertz CT molecular complexity index is 761. The molecule has 2 aromatic rings. The van der Waals surface area contributed by atoms with Gasteiger partial charge in [-0.05, 0) is 29.8 Å². The van der Waals surface area contributed by atoms with Crippen LogP contribution in [0.3, 0.4) is 0 Å². The number of nitriles is 2. The number of hydrogen-bond acceptors (Lipinski definition) is 4. The molecular formula is C19H18N4. The largest absolute Gasteiger partial charge is 0.368 e. The monoisotopic (exact) mass is 302 g/mol. The summed E-state index contributed by atoms with van der Waals surface area (Å²) in [4.78, 5) is 4.67. The third-order valence-corrected chi connectivity index (χ3v) is 4.20. The highest BCUT2D eigenvalue weighted by Gasteiger charge is 2.19. The topological polar surface area (TPSA) is 54.1 Å². The first kappa shape index (κ1) is 15.1. The summed E-state index contributed by atoms with van der Waals surface area (Å²) in [6, 6.07) is 20.0. The van der Waals surface area contributed by atoms with Crippen LogP contribution in [0.4, 0.5) is 5.69 Å². The predicted molar refractivity (Wildman–Crippen MR) is 89.8 cm³/mol. The maximum atomic E-state index is 9.23. The summed E-state index contributed by atoms with van der Waals surface area (Å²) in [5, 5.41) is 18.2. The Kier molecular flexibility index (Phi) is 4.57. The van der Waals surface area contributed by atoms with Crippen LogP contribution in [0.2, 0.25) is 0 Å². The first-order valence-corrected chi connectivity index (χ1v) is 7.75. The molecule has 1 fully saturated rings. The molecule has 0 N–H and O–H groups in total. The Balaban J connectivity index is 1.62. The van der Waals surface area contributed by atoms with Crippen molar-refractivity contribution in [3.8, 4) is 12.1 Å². The molecule has 0 aromatic heterocycles. The number of anilines is 1. The average Bonchev–Trinajstić information content (AvgIpc) is 2.62. The fourth-order valence-corrected chi connectivity index (χ4v) is 2.99. The lowest BCUT2D eigenvalue weighted by atomic mass is 10.1. The van der Waals surface area contributed by atoms with Crippen molar-refractivity contribution < 1.29 is 0 Å². The van der Waals surface area contributed by atoms with Crippen LogP contribution >= 0.6 is 0 Å². The van der Waals surface area contributed by atoms with Crippen LogP contribution < -0.4 is 4.90 Å². The van der Waals surface area contributed by atoms with Crippen molar-refractivity contribution >= 4 is 5.69 Å². The molecule has 1 heterocycles. The lowest BCUT2D eigenvalue weighted by Gasteiger charge is -2.36. The zero-order valence-corrected chi connectivity index (χ0v) is 12.9. The molecule has 0 spiro atoms. The minimum absolute atomic E-state index is 0.712. The van der Waals surface area contributed by atoms with Gasteiger partial charge in [0.1, 0.15) is 6.07 Å². The Morgan fingerprint density at radius 1 is 0.870 bits per heavy atom. The molecule has 1 aliphatic rings. The Morgan fingerprint density at radius 2 is 1.65 bits per heavy atom. The van der Waals surface area contributed by atoms with Gasteiger partial charge in [-0.2, -0.15) is 10.5 Å². The van der Waals surface area contributed by atoms with E-state index in [0.717, 1.165) is 44.0 Å². The molecule has 0 bridgehead atoms. The van der Waals surface area contributed by atoms with Crippen LogP contribution in [-0.2, 0) is 6.54 Å². The molecule has 0 atom stereocenters. The van der Waals surface area contributed by atoms with Gasteiger partial charge in [0.15, 0.2) is 0 Å². The summed E-state index contributed by atoms with van der Waals surface area (Å²) in [5.41, 5.74) is 3.66. The summed E-state index contributed by atoms with van der Waals surface area (Å²) < 4.78 is 0. The minimum Gasteiger partial charge on any atom is -0.368 e. The van der Waals surface area contributed by atoms with Crippen molar-refractivity contribution in [1.82, 2.24) is 4.90 Å². The van der Waals surface area contributed by atoms with Gasteiger partial charge in [-0.25, -0.2) is 0 Å². The molecule has 4 heteroatoms. The van der Waals surface area contributed by atoms with Crippen LogP contribution in [0.25, 0.3) is 0 Å². The minimum atomic E-state index is 0.712. The first-order chi connectivity index (χ1) is 11.3. The molecule has 2 aromatic carbocycles. The second kappa shape index (κ2) is 6.96. The number of para-hydroxylation sites is 1. The molecule has 3 rings (SSSR count). The average molecular weight is 302 g/mol. The van der Waals surface area contributed by atoms with Crippen molar-refractivity contribution in [1.29, 1.82) is 10.5 Å². The van der Waals surface area contributed by atoms with Gasteiger partial charge in [0, 0.05) is 32.7 Å². The molecule has 1 saturated heterocycles. The van der Waals surface area contributed by atoms with E-state index in [2.05, 4.69) is 28.0 Å². The van der Waals surface area contributed by atoms with Crippen LogP contribution in [0.1, 0.15) is 16.7 Å². The van der Waals surface area contributed by atoms with Crippen molar-refractivity contribution in [2.75, 3.05) is 31.1 Å². The van der Waals surface area contributed by atoms with Gasteiger partial charge in [0.25, 0.3) is 0 Å².